The Morgan fingerprint density at radius 1 is 1.07 bits per heavy atom. The van der Waals surface area contributed by atoms with Crippen molar-refractivity contribution in [2.45, 2.75) is 45.8 Å². The first-order chi connectivity index (χ1) is 14.1. The Bertz CT molecular complexity index is 862. The van der Waals surface area contributed by atoms with E-state index in [1.54, 1.807) is 43.3 Å². The van der Waals surface area contributed by atoms with Crippen molar-refractivity contribution in [2.24, 2.45) is 0 Å². The number of ether oxygens (including phenoxy) is 2. The molecule has 0 saturated carbocycles. The van der Waals surface area contributed by atoms with Crippen molar-refractivity contribution >= 4 is 11.8 Å². The summed E-state index contributed by atoms with van der Waals surface area (Å²) in [6, 6.07) is 12.1. The first-order valence-electron chi connectivity index (χ1n) is 9.72. The van der Waals surface area contributed by atoms with Gasteiger partial charge in [0.2, 0.25) is 5.91 Å². The van der Waals surface area contributed by atoms with E-state index in [0.717, 1.165) is 0 Å². The van der Waals surface area contributed by atoms with Crippen LogP contribution in [0.1, 0.15) is 33.3 Å². The van der Waals surface area contributed by atoms with Gasteiger partial charge in [0.05, 0.1) is 7.11 Å². The molecule has 162 valence electrons. The fourth-order valence-electron chi connectivity index (χ4n) is 2.80. The van der Waals surface area contributed by atoms with Crippen LogP contribution in [0.5, 0.6) is 11.5 Å². The van der Waals surface area contributed by atoms with Gasteiger partial charge in [-0.15, -0.1) is 0 Å². The van der Waals surface area contributed by atoms with Crippen molar-refractivity contribution in [3.05, 3.63) is 59.9 Å². The molecule has 0 radical (unpaired) electrons. The lowest BCUT2D eigenvalue weighted by Gasteiger charge is -2.31. The standard InChI is InChI=1S/C23H29FN2O4/c1-16(22(28)25-23(2,3)4)26(14-17-10-12-18(24)13-11-17)21(27)15-30-20-9-7-6-8-19(20)29-5/h6-13,16H,14-15H2,1-5H3,(H,25,28)/t16-/m0/s1. The molecule has 0 aliphatic carbocycles. The fraction of sp³-hybridized carbons (Fsp3) is 0.391. The predicted octanol–water partition coefficient (Wildman–Crippen LogP) is 3.55. The minimum absolute atomic E-state index is 0.146. The van der Waals surface area contributed by atoms with Gasteiger partial charge in [-0.1, -0.05) is 24.3 Å². The number of amides is 2. The third-order valence-corrected chi connectivity index (χ3v) is 4.35. The maximum absolute atomic E-state index is 13.3. The third-order valence-electron chi connectivity index (χ3n) is 4.35. The Balaban J connectivity index is 2.19. The number of carbonyl (C=O) groups excluding carboxylic acids is 2. The first-order valence-corrected chi connectivity index (χ1v) is 9.72. The van der Waals surface area contributed by atoms with E-state index >= 15 is 0 Å². The number of halogens is 1. The molecule has 1 N–H and O–H groups in total. The van der Waals surface area contributed by atoms with Crippen molar-refractivity contribution in [3.8, 4) is 11.5 Å². The van der Waals surface area contributed by atoms with E-state index in [1.807, 2.05) is 20.8 Å². The van der Waals surface area contributed by atoms with Gasteiger partial charge in [0, 0.05) is 12.1 Å². The molecule has 6 nitrogen and oxygen atoms in total. The van der Waals surface area contributed by atoms with Gasteiger partial charge in [-0.05, 0) is 57.5 Å². The number of methoxy groups -OCH3 is 1. The number of hydrogen-bond acceptors (Lipinski definition) is 4. The van der Waals surface area contributed by atoms with Crippen LogP contribution in [0.2, 0.25) is 0 Å². The lowest BCUT2D eigenvalue weighted by molar-refractivity contribution is -0.142. The monoisotopic (exact) mass is 416 g/mol. The van der Waals surface area contributed by atoms with E-state index in [0.29, 0.717) is 17.1 Å². The van der Waals surface area contributed by atoms with Crippen LogP contribution < -0.4 is 14.8 Å². The van der Waals surface area contributed by atoms with E-state index < -0.39 is 11.6 Å². The molecule has 0 aromatic heterocycles. The highest BCUT2D eigenvalue weighted by Gasteiger charge is 2.28. The molecule has 2 aromatic carbocycles. The Morgan fingerprint density at radius 2 is 1.67 bits per heavy atom. The number of hydrogen-bond donors (Lipinski definition) is 1. The molecular weight excluding hydrogens is 387 g/mol. The highest BCUT2D eigenvalue weighted by molar-refractivity contribution is 5.88. The third kappa shape index (κ3) is 6.76. The Labute approximate surface area is 177 Å². The molecule has 30 heavy (non-hydrogen) atoms. The summed E-state index contributed by atoms with van der Waals surface area (Å²) in [6.07, 6.45) is 0. The van der Waals surface area contributed by atoms with E-state index in [2.05, 4.69) is 5.32 Å². The molecule has 0 saturated heterocycles. The molecular formula is C23H29FN2O4. The molecule has 0 unspecified atom stereocenters. The summed E-state index contributed by atoms with van der Waals surface area (Å²) in [7, 11) is 1.52. The Hall–Kier alpha value is -3.09. The average molecular weight is 416 g/mol. The molecule has 0 bridgehead atoms. The lowest BCUT2D eigenvalue weighted by atomic mass is 10.1. The summed E-state index contributed by atoms with van der Waals surface area (Å²) < 4.78 is 24.1. The minimum Gasteiger partial charge on any atom is -0.493 e. The second-order valence-corrected chi connectivity index (χ2v) is 8.00. The fourth-order valence-corrected chi connectivity index (χ4v) is 2.80. The van der Waals surface area contributed by atoms with E-state index in [9.17, 15) is 14.0 Å². The minimum atomic E-state index is -0.747. The van der Waals surface area contributed by atoms with Gasteiger partial charge in [0.15, 0.2) is 18.1 Å². The van der Waals surface area contributed by atoms with Crippen molar-refractivity contribution in [3.63, 3.8) is 0 Å². The van der Waals surface area contributed by atoms with Gasteiger partial charge in [-0.3, -0.25) is 9.59 Å². The summed E-state index contributed by atoms with van der Waals surface area (Å²) in [5, 5.41) is 2.89. The number of nitrogens with zero attached hydrogens (tertiary/aromatic N) is 1. The van der Waals surface area contributed by atoms with Gasteiger partial charge in [-0.25, -0.2) is 4.39 Å². The number of rotatable bonds is 8. The van der Waals surface area contributed by atoms with Gasteiger partial charge >= 0.3 is 0 Å². The van der Waals surface area contributed by atoms with Crippen LogP contribution in [0.3, 0.4) is 0 Å². The van der Waals surface area contributed by atoms with Crippen molar-refractivity contribution in [2.75, 3.05) is 13.7 Å². The summed E-state index contributed by atoms with van der Waals surface area (Å²) in [4.78, 5) is 27.1. The topological polar surface area (TPSA) is 67.9 Å². The summed E-state index contributed by atoms with van der Waals surface area (Å²) >= 11 is 0. The highest BCUT2D eigenvalue weighted by Crippen LogP contribution is 2.26. The van der Waals surface area contributed by atoms with Crippen molar-refractivity contribution in [1.82, 2.24) is 10.2 Å². The molecule has 0 aliphatic heterocycles. The zero-order valence-electron chi connectivity index (χ0n) is 18.1. The van der Waals surface area contributed by atoms with Crippen molar-refractivity contribution in [1.29, 1.82) is 0 Å². The number of nitrogens with one attached hydrogen (secondary N) is 1. The summed E-state index contributed by atoms with van der Waals surface area (Å²) in [6.45, 7) is 7.14. The van der Waals surface area contributed by atoms with Crippen LogP contribution >= 0.6 is 0 Å². The molecule has 0 spiro atoms. The van der Waals surface area contributed by atoms with Gasteiger partial charge < -0.3 is 19.7 Å². The van der Waals surface area contributed by atoms with Crippen molar-refractivity contribution < 1.29 is 23.5 Å². The van der Waals surface area contributed by atoms with E-state index in [1.165, 1.54) is 24.1 Å². The first kappa shape index (κ1) is 23.2. The summed E-state index contributed by atoms with van der Waals surface area (Å²) in [5.74, 6) is -0.0810. The van der Waals surface area contributed by atoms with Gasteiger partial charge in [0.25, 0.3) is 5.91 Å². The smallest absolute Gasteiger partial charge is 0.261 e. The zero-order valence-corrected chi connectivity index (χ0v) is 18.1. The average Bonchev–Trinajstić information content (AvgIpc) is 2.70. The second kappa shape index (κ2) is 10.1. The molecule has 2 rings (SSSR count). The van der Waals surface area contributed by atoms with E-state index in [-0.39, 0.29) is 30.8 Å². The van der Waals surface area contributed by atoms with Crippen LogP contribution in [0.4, 0.5) is 4.39 Å². The molecule has 1 atom stereocenters. The Morgan fingerprint density at radius 3 is 2.23 bits per heavy atom. The maximum atomic E-state index is 13.3. The molecule has 0 fully saturated rings. The number of benzene rings is 2. The lowest BCUT2D eigenvalue weighted by Crippen LogP contribution is -2.53. The second-order valence-electron chi connectivity index (χ2n) is 8.00. The molecule has 2 amide bonds. The van der Waals surface area contributed by atoms with E-state index in [4.69, 9.17) is 9.47 Å². The molecule has 2 aromatic rings. The zero-order chi connectivity index (χ0) is 22.3. The number of para-hydroxylation sites is 2. The normalized spacial score (nSPS) is 12.1. The van der Waals surface area contributed by atoms with Gasteiger partial charge in [-0.2, -0.15) is 0 Å². The van der Waals surface area contributed by atoms with Crippen LogP contribution in [-0.2, 0) is 16.1 Å². The van der Waals surface area contributed by atoms with Crippen LogP contribution in [-0.4, -0.2) is 42.0 Å². The SMILES string of the molecule is COc1ccccc1OCC(=O)N(Cc1ccc(F)cc1)[C@@H](C)C(=O)NC(C)(C)C. The highest BCUT2D eigenvalue weighted by atomic mass is 19.1. The summed E-state index contributed by atoms with van der Waals surface area (Å²) in [5.41, 5.74) is 0.265. The molecule has 0 heterocycles. The van der Waals surface area contributed by atoms with Crippen LogP contribution in [0, 0.1) is 5.82 Å². The Kier molecular flexibility index (Phi) is 7.80. The molecule has 7 heteroatoms. The quantitative estimate of drug-likeness (QED) is 0.715. The predicted molar refractivity (Wildman–Crippen MR) is 113 cm³/mol. The van der Waals surface area contributed by atoms with Crippen LogP contribution in [0.25, 0.3) is 0 Å². The maximum Gasteiger partial charge on any atom is 0.261 e. The largest absolute Gasteiger partial charge is 0.493 e. The number of carbonyl (C=O) groups is 2. The van der Waals surface area contributed by atoms with Gasteiger partial charge in [0.1, 0.15) is 11.9 Å². The molecule has 0 aliphatic rings. The van der Waals surface area contributed by atoms with Crippen LogP contribution in [0.15, 0.2) is 48.5 Å².